The van der Waals surface area contributed by atoms with Gasteiger partial charge in [-0.1, -0.05) is 68.3 Å². The van der Waals surface area contributed by atoms with Gasteiger partial charge in [-0.15, -0.1) is 0 Å². The molecule has 182 valence electrons. The van der Waals surface area contributed by atoms with Crippen LogP contribution in [0, 0.1) is 0 Å². The van der Waals surface area contributed by atoms with Gasteiger partial charge >= 0.3 is 12.1 Å². The fraction of sp³-hybridized carbons (Fsp3) is 0.423. The average Bonchev–Trinajstić information content (AvgIpc) is 3.14. The van der Waals surface area contributed by atoms with Crippen molar-refractivity contribution in [2.45, 2.75) is 50.6 Å². The molecule has 3 N–H and O–H groups in total. The normalized spacial score (nSPS) is 13.9. The van der Waals surface area contributed by atoms with Crippen molar-refractivity contribution in [2.75, 3.05) is 20.3 Å². The minimum absolute atomic E-state index is 0.0659. The summed E-state index contributed by atoms with van der Waals surface area (Å²) in [5.74, 6) is -1.59. The number of hydrogen-bond donors (Lipinski definition) is 3. The number of rotatable bonds is 12. The molecule has 1 unspecified atom stereocenters. The summed E-state index contributed by atoms with van der Waals surface area (Å²) in [5.41, 5.74) is 4.44. The van der Waals surface area contributed by atoms with E-state index in [0.717, 1.165) is 35.1 Å². The predicted molar refractivity (Wildman–Crippen MR) is 128 cm³/mol. The van der Waals surface area contributed by atoms with Crippen LogP contribution >= 0.6 is 0 Å². The topological polar surface area (TPSA) is 114 Å². The van der Waals surface area contributed by atoms with E-state index in [2.05, 4.69) is 22.8 Å². The van der Waals surface area contributed by atoms with Gasteiger partial charge in [0.2, 0.25) is 5.91 Å². The van der Waals surface area contributed by atoms with E-state index in [4.69, 9.17) is 14.6 Å². The first-order valence-electron chi connectivity index (χ1n) is 11.6. The van der Waals surface area contributed by atoms with Crippen molar-refractivity contribution < 1.29 is 29.0 Å². The Kier molecular flexibility index (Phi) is 9.04. The highest BCUT2D eigenvalue weighted by Crippen LogP contribution is 2.44. The number of aliphatic carboxylic acids is 1. The predicted octanol–water partition coefficient (Wildman–Crippen LogP) is 3.69. The Balaban J connectivity index is 1.62. The zero-order valence-electron chi connectivity index (χ0n) is 19.6. The van der Waals surface area contributed by atoms with Crippen LogP contribution in [0.25, 0.3) is 11.1 Å². The second-order valence-electron chi connectivity index (χ2n) is 8.42. The molecule has 1 aliphatic rings. The Labute approximate surface area is 199 Å². The highest BCUT2D eigenvalue weighted by Gasteiger charge is 2.30. The van der Waals surface area contributed by atoms with E-state index in [1.54, 1.807) is 0 Å². The second-order valence-corrected chi connectivity index (χ2v) is 8.42. The van der Waals surface area contributed by atoms with Gasteiger partial charge in [0.15, 0.2) is 0 Å². The summed E-state index contributed by atoms with van der Waals surface area (Å²) in [6.45, 7) is 2.05. The first kappa shape index (κ1) is 25.2. The highest BCUT2D eigenvalue weighted by atomic mass is 16.5. The molecule has 2 amide bonds. The summed E-state index contributed by atoms with van der Waals surface area (Å²) in [7, 11) is 1.42. The van der Waals surface area contributed by atoms with Gasteiger partial charge in [-0.2, -0.15) is 0 Å². The fourth-order valence-corrected chi connectivity index (χ4v) is 4.32. The number of unbranched alkanes of at least 4 members (excludes halogenated alkanes) is 1. The van der Waals surface area contributed by atoms with Crippen molar-refractivity contribution in [3.63, 3.8) is 0 Å². The summed E-state index contributed by atoms with van der Waals surface area (Å²) < 4.78 is 10.6. The van der Waals surface area contributed by atoms with Crippen LogP contribution in [0.5, 0.6) is 0 Å². The molecule has 2 aromatic rings. The lowest BCUT2D eigenvalue weighted by Gasteiger charge is -2.22. The van der Waals surface area contributed by atoms with E-state index in [9.17, 15) is 14.4 Å². The van der Waals surface area contributed by atoms with Crippen LogP contribution in [-0.2, 0) is 19.1 Å². The number of nitrogens with one attached hydrogen (secondary N) is 2. The highest BCUT2D eigenvalue weighted by molar-refractivity contribution is 5.86. The van der Waals surface area contributed by atoms with Crippen molar-refractivity contribution in [1.29, 1.82) is 0 Å². The number of carbonyl (C=O) groups is 3. The van der Waals surface area contributed by atoms with Crippen LogP contribution in [0.4, 0.5) is 4.79 Å². The maximum Gasteiger partial charge on any atom is 0.407 e. The lowest BCUT2D eigenvalue weighted by molar-refractivity contribution is -0.137. The summed E-state index contributed by atoms with van der Waals surface area (Å²) in [6, 6.07) is 14.5. The average molecular weight is 469 g/mol. The fourth-order valence-electron chi connectivity index (χ4n) is 4.32. The zero-order valence-corrected chi connectivity index (χ0v) is 19.6. The second kappa shape index (κ2) is 12.2. The number of benzene rings is 2. The molecule has 0 spiro atoms. The van der Waals surface area contributed by atoms with E-state index in [0.29, 0.717) is 6.42 Å². The van der Waals surface area contributed by atoms with Crippen LogP contribution in [0.3, 0.4) is 0 Å². The van der Waals surface area contributed by atoms with E-state index in [1.165, 1.54) is 7.11 Å². The number of hydrogen-bond acceptors (Lipinski definition) is 5. The number of ether oxygens (including phenoxy) is 2. The lowest BCUT2D eigenvalue weighted by Crippen LogP contribution is -2.52. The van der Waals surface area contributed by atoms with Crippen LogP contribution < -0.4 is 10.6 Å². The smallest absolute Gasteiger partial charge is 0.407 e. The summed E-state index contributed by atoms with van der Waals surface area (Å²) in [5, 5.41) is 14.4. The molecule has 0 fully saturated rings. The molecular formula is C26H32N2O6. The molecule has 0 radical (unpaired) electrons. The van der Waals surface area contributed by atoms with Crippen LogP contribution in [-0.4, -0.2) is 55.5 Å². The monoisotopic (exact) mass is 468 g/mol. The van der Waals surface area contributed by atoms with Gasteiger partial charge in [0.05, 0.1) is 13.0 Å². The molecule has 0 aromatic heterocycles. The van der Waals surface area contributed by atoms with E-state index < -0.39 is 30.1 Å². The van der Waals surface area contributed by atoms with Crippen LogP contribution in [0.2, 0.25) is 0 Å². The van der Waals surface area contributed by atoms with E-state index in [1.807, 2.05) is 43.3 Å². The molecule has 34 heavy (non-hydrogen) atoms. The Morgan fingerprint density at radius 1 is 1.00 bits per heavy atom. The van der Waals surface area contributed by atoms with E-state index >= 15 is 0 Å². The van der Waals surface area contributed by atoms with Gasteiger partial charge < -0.3 is 25.2 Å². The number of amides is 2. The van der Waals surface area contributed by atoms with Gasteiger partial charge in [0, 0.05) is 19.1 Å². The Hall–Kier alpha value is -3.39. The van der Waals surface area contributed by atoms with Crippen LogP contribution in [0.15, 0.2) is 48.5 Å². The third kappa shape index (κ3) is 6.35. The molecule has 1 aliphatic carbocycles. The van der Waals surface area contributed by atoms with Gasteiger partial charge in [0.1, 0.15) is 12.6 Å². The zero-order chi connectivity index (χ0) is 24.5. The van der Waals surface area contributed by atoms with E-state index in [-0.39, 0.29) is 25.6 Å². The van der Waals surface area contributed by atoms with Gasteiger partial charge in [-0.3, -0.25) is 9.59 Å². The molecule has 0 saturated carbocycles. The molecular weight excluding hydrogens is 436 g/mol. The summed E-state index contributed by atoms with van der Waals surface area (Å²) >= 11 is 0. The summed E-state index contributed by atoms with van der Waals surface area (Å²) in [4.78, 5) is 36.5. The molecule has 3 rings (SSSR count). The first-order valence-corrected chi connectivity index (χ1v) is 11.6. The van der Waals surface area contributed by atoms with Crippen molar-refractivity contribution in [3.05, 3.63) is 59.7 Å². The Morgan fingerprint density at radius 3 is 2.18 bits per heavy atom. The standard InChI is InChI=1S/C26H32N2O6/c1-3-4-9-17(14-24(29)30)27-25(31)23(16-33-2)28-26(32)34-15-22-20-12-7-5-10-18(20)19-11-6-8-13-21(19)22/h5-8,10-13,17,22-23H,3-4,9,14-16H2,1-2H3,(H,27,31)(H,28,32)(H,29,30)/t17-,23?/m0/s1. The lowest BCUT2D eigenvalue weighted by atomic mass is 9.98. The molecule has 8 heteroatoms. The molecule has 2 aromatic carbocycles. The molecule has 2 atom stereocenters. The number of alkyl carbamates (subject to hydrolysis) is 1. The number of methoxy groups -OCH3 is 1. The molecule has 8 nitrogen and oxygen atoms in total. The molecule has 0 heterocycles. The minimum atomic E-state index is -1.00. The number of carbonyl (C=O) groups excluding carboxylic acids is 2. The SMILES string of the molecule is CCCC[C@@H](CC(=O)O)NC(=O)C(COC)NC(=O)OCC1c2ccccc2-c2ccccc21. The number of carboxylic acids is 1. The molecule has 0 bridgehead atoms. The maximum absolute atomic E-state index is 12.8. The molecule has 0 aliphatic heterocycles. The van der Waals surface area contributed by atoms with Crippen molar-refractivity contribution >= 4 is 18.0 Å². The van der Waals surface area contributed by atoms with Crippen LogP contribution in [0.1, 0.15) is 49.7 Å². The van der Waals surface area contributed by atoms with Crippen molar-refractivity contribution in [2.24, 2.45) is 0 Å². The minimum Gasteiger partial charge on any atom is -0.481 e. The third-order valence-electron chi connectivity index (χ3n) is 5.96. The Morgan fingerprint density at radius 2 is 1.62 bits per heavy atom. The summed E-state index contributed by atoms with van der Waals surface area (Å²) in [6.07, 6.45) is 1.29. The van der Waals surface area contributed by atoms with Gasteiger partial charge in [-0.25, -0.2) is 4.79 Å². The number of carboxylic acid groups (broad SMARTS) is 1. The van der Waals surface area contributed by atoms with Crippen molar-refractivity contribution in [3.8, 4) is 11.1 Å². The Bertz CT molecular complexity index is 963. The van der Waals surface area contributed by atoms with Crippen molar-refractivity contribution in [1.82, 2.24) is 10.6 Å². The number of fused-ring (bicyclic) bond motifs is 3. The largest absolute Gasteiger partial charge is 0.481 e. The third-order valence-corrected chi connectivity index (χ3v) is 5.96. The van der Waals surface area contributed by atoms with Gasteiger partial charge in [-0.05, 0) is 28.7 Å². The quantitative estimate of drug-likeness (QED) is 0.438. The molecule has 0 saturated heterocycles. The maximum atomic E-state index is 12.8. The first-order chi connectivity index (χ1) is 16.4. The van der Waals surface area contributed by atoms with Gasteiger partial charge in [0.25, 0.3) is 0 Å².